The number of halogens is 1. The van der Waals surface area contributed by atoms with Crippen LogP contribution in [0.25, 0.3) is 6.08 Å². The van der Waals surface area contributed by atoms with Gasteiger partial charge >= 0.3 is 5.97 Å². The van der Waals surface area contributed by atoms with Gasteiger partial charge in [0.25, 0.3) is 0 Å². The maximum atomic E-state index is 12.5. The Bertz CT molecular complexity index is 1050. The van der Waals surface area contributed by atoms with Crippen molar-refractivity contribution in [3.05, 3.63) is 70.3 Å². The van der Waals surface area contributed by atoms with E-state index in [-0.39, 0.29) is 11.4 Å². The Labute approximate surface area is 188 Å². The largest absolute Gasteiger partial charge is 0.423 e. The molecule has 160 valence electrons. The lowest BCUT2D eigenvalue weighted by atomic mass is 9.55. The van der Waals surface area contributed by atoms with E-state index < -0.39 is 0 Å². The van der Waals surface area contributed by atoms with Gasteiger partial charge in [0.1, 0.15) is 11.5 Å². The molecule has 4 atom stereocenters. The number of ether oxygens (including phenoxy) is 1. The standard InChI is InChI=1S/C27H27ClO3/c1-27-15-14-22-21-10-8-20(31-26(30)13-4-17-2-6-19(28)7-3-17)16-18(21)5-9-23(22)24(27)11-12-25(27)29/h2-4,6-8,10,13,16,22-24H,5,9,11-12,14-15H2,1H3/b13-4+/t22-,23-,24+,27+/m1/s1. The fourth-order valence-electron chi connectivity index (χ4n) is 6.28. The molecule has 0 heterocycles. The summed E-state index contributed by atoms with van der Waals surface area (Å²) in [6.07, 6.45) is 9.18. The summed E-state index contributed by atoms with van der Waals surface area (Å²) in [7, 11) is 0. The highest BCUT2D eigenvalue weighted by Gasteiger charge is 2.54. The topological polar surface area (TPSA) is 43.4 Å². The summed E-state index contributed by atoms with van der Waals surface area (Å²) in [4.78, 5) is 24.8. The Kier molecular flexibility index (Phi) is 5.26. The number of carbonyl (C=O) groups is 2. The monoisotopic (exact) mass is 434 g/mol. The Morgan fingerprint density at radius 3 is 2.71 bits per heavy atom. The first-order chi connectivity index (χ1) is 14.9. The Morgan fingerprint density at radius 1 is 1.10 bits per heavy atom. The second kappa shape index (κ2) is 7.94. The normalized spacial score (nSPS) is 29.4. The molecule has 0 saturated heterocycles. The molecule has 0 unspecified atom stereocenters. The highest BCUT2D eigenvalue weighted by molar-refractivity contribution is 6.30. The van der Waals surface area contributed by atoms with Gasteiger partial charge in [-0.3, -0.25) is 4.79 Å². The molecule has 4 heteroatoms. The summed E-state index contributed by atoms with van der Waals surface area (Å²) < 4.78 is 5.56. The molecule has 3 nitrogen and oxygen atoms in total. The van der Waals surface area contributed by atoms with Gasteiger partial charge in [-0.1, -0.05) is 36.7 Å². The Hall–Kier alpha value is -2.39. The van der Waals surface area contributed by atoms with Gasteiger partial charge < -0.3 is 4.74 Å². The minimum atomic E-state index is -0.388. The molecule has 0 aromatic heterocycles. The summed E-state index contributed by atoms with van der Waals surface area (Å²) >= 11 is 5.89. The maximum Gasteiger partial charge on any atom is 0.336 e. The molecule has 2 fully saturated rings. The third kappa shape index (κ3) is 3.74. The van der Waals surface area contributed by atoms with Crippen molar-refractivity contribution in [3.8, 4) is 5.75 Å². The predicted molar refractivity (Wildman–Crippen MR) is 122 cm³/mol. The summed E-state index contributed by atoms with van der Waals surface area (Å²) in [6.45, 7) is 2.21. The zero-order valence-corrected chi connectivity index (χ0v) is 18.5. The second-order valence-corrected chi connectivity index (χ2v) is 9.94. The molecule has 5 rings (SSSR count). The molecule has 0 N–H and O–H groups in total. The minimum Gasteiger partial charge on any atom is -0.423 e. The number of carbonyl (C=O) groups excluding carboxylic acids is 2. The average Bonchev–Trinajstić information content (AvgIpc) is 3.07. The molecule has 0 radical (unpaired) electrons. The number of hydrogen-bond acceptors (Lipinski definition) is 3. The number of esters is 1. The van der Waals surface area contributed by atoms with Crippen molar-refractivity contribution in [2.45, 2.75) is 51.4 Å². The lowest BCUT2D eigenvalue weighted by Gasteiger charge is -2.48. The van der Waals surface area contributed by atoms with Crippen LogP contribution in [-0.4, -0.2) is 11.8 Å². The number of aryl methyl sites for hydroxylation is 1. The molecule has 2 aromatic rings. The molecular weight excluding hydrogens is 408 g/mol. The van der Waals surface area contributed by atoms with E-state index >= 15 is 0 Å². The zero-order chi connectivity index (χ0) is 21.6. The van der Waals surface area contributed by atoms with Gasteiger partial charge in [0.2, 0.25) is 0 Å². The van der Waals surface area contributed by atoms with Crippen LogP contribution >= 0.6 is 11.6 Å². The zero-order valence-electron chi connectivity index (χ0n) is 17.8. The van der Waals surface area contributed by atoms with Crippen LogP contribution in [0.15, 0.2) is 48.5 Å². The number of hydrogen-bond donors (Lipinski definition) is 0. The first-order valence-electron chi connectivity index (χ1n) is 11.3. The van der Waals surface area contributed by atoms with E-state index in [1.54, 1.807) is 18.2 Å². The molecule has 0 bridgehead atoms. The van der Waals surface area contributed by atoms with E-state index in [0.29, 0.717) is 34.3 Å². The molecule has 0 spiro atoms. The van der Waals surface area contributed by atoms with Gasteiger partial charge in [0.05, 0.1) is 0 Å². The predicted octanol–water partition coefficient (Wildman–Crippen LogP) is 6.38. The van der Waals surface area contributed by atoms with Crippen molar-refractivity contribution in [1.29, 1.82) is 0 Å². The highest BCUT2D eigenvalue weighted by atomic mass is 35.5. The first-order valence-corrected chi connectivity index (χ1v) is 11.6. The SMILES string of the molecule is C[C@]12CC[C@@H]3c4ccc(OC(=O)/C=C/c5ccc(Cl)cc5)cc4CC[C@H]3[C@@H]1CCC2=O. The third-order valence-corrected chi connectivity index (χ3v) is 8.16. The maximum absolute atomic E-state index is 12.5. The summed E-state index contributed by atoms with van der Waals surface area (Å²) in [5.74, 6) is 2.36. The van der Waals surface area contributed by atoms with Gasteiger partial charge in [-0.15, -0.1) is 0 Å². The van der Waals surface area contributed by atoms with Crippen LogP contribution in [0.3, 0.4) is 0 Å². The lowest BCUT2D eigenvalue weighted by Crippen LogP contribution is -2.42. The number of benzene rings is 2. The molecule has 2 saturated carbocycles. The molecule has 3 aliphatic carbocycles. The van der Waals surface area contributed by atoms with Crippen LogP contribution < -0.4 is 4.74 Å². The molecule has 2 aromatic carbocycles. The molecular formula is C27H27ClO3. The van der Waals surface area contributed by atoms with Crippen LogP contribution in [-0.2, 0) is 16.0 Å². The molecule has 0 amide bonds. The first kappa shape index (κ1) is 20.5. The van der Waals surface area contributed by atoms with E-state index in [4.69, 9.17) is 16.3 Å². The van der Waals surface area contributed by atoms with Crippen molar-refractivity contribution in [1.82, 2.24) is 0 Å². The van der Waals surface area contributed by atoms with Crippen LogP contribution in [0.5, 0.6) is 5.75 Å². The Morgan fingerprint density at radius 2 is 1.90 bits per heavy atom. The Balaban J connectivity index is 1.29. The van der Waals surface area contributed by atoms with Crippen LogP contribution in [0, 0.1) is 17.3 Å². The number of rotatable bonds is 3. The van der Waals surface area contributed by atoms with Gasteiger partial charge in [0.15, 0.2) is 0 Å². The van der Waals surface area contributed by atoms with E-state index in [0.717, 1.165) is 44.1 Å². The van der Waals surface area contributed by atoms with Crippen molar-refractivity contribution >= 4 is 29.4 Å². The van der Waals surface area contributed by atoms with Crippen LogP contribution in [0.4, 0.5) is 0 Å². The minimum absolute atomic E-state index is 0.0927. The van der Waals surface area contributed by atoms with Crippen molar-refractivity contribution < 1.29 is 14.3 Å². The van der Waals surface area contributed by atoms with E-state index in [2.05, 4.69) is 13.0 Å². The van der Waals surface area contributed by atoms with E-state index in [1.807, 2.05) is 24.3 Å². The fraction of sp³-hybridized carbons (Fsp3) is 0.407. The van der Waals surface area contributed by atoms with Crippen LogP contribution in [0.2, 0.25) is 5.02 Å². The van der Waals surface area contributed by atoms with Crippen molar-refractivity contribution in [2.24, 2.45) is 17.3 Å². The van der Waals surface area contributed by atoms with Crippen LogP contribution in [0.1, 0.15) is 61.6 Å². The number of Topliss-reactive ketones (excluding diaryl/α,β-unsaturated/α-hetero) is 1. The number of fused-ring (bicyclic) bond motifs is 5. The fourth-order valence-corrected chi connectivity index (χ4v) is 6.41. The van der Waals surface area contributed by atoms with Crippen molar-refractivity contribution in [2.75, 3.05) is 0 Å². The van der Waals surface area contributed by atoms with Gasteiger partial charge in [-0.25, -0.2) is 4.79 Å². The van der Waals surface area contributed by atoms with E-state index in [9.17, 15) is 9.59 Å². The highest BCUT2D eigenvalue weighted by Crippen LogP contribution is 2.59. The molecule has 31 heavy (non-hydrogen) atoms. The number of ketones is 1. The lowest BCUT2D eigenvalue weighted by molar-refractivity contribution is -0.129. The van der Waals surface area contributed by atoms with Gasteiger partial charge in [0, 0.05) is 22.9 Å². The summed E-state index contributed by atoms with van der Waals surface area (Å²) in [6, 6.07) is 13.4. The molecule has 0 aliphatic heterocycles. The summed E-state index contributed by atoms with van der Waals surface area (Å²) in [5.41, 5.74) is 3.49. The summed E-state index contributed by atoms with van der Waals surface area (Å²) in [5, 5.41) is 0.665. The van der Waals surface area contributed by atoms with Crippen molar-refractivity contribution in [3.63, 3.8) is 0 Å². The van der Waals surface area contributed by atoms with Gasteiger partial charge in [-0.05, 0) is 96.9 Å². The smallest absolute Gasteiger partial charge is 0.336 e. The van der Waals surface area contributed by atoms with Gasteiger partial charge in [-0.2, -0.15) is 0 Å². The van der Waals surface area contributed by atoms with E-state index in [1.165, 1.54) is 17.2 Å². The second-order valence-electron chi connectivity index (χ2n) is 9.50. The third-order valence-electron chi connectivity index (χ3n) is 7.91. The average molecular weight is 435 g/mol. The molecule has 3 aliphatic rings. The quantitative estimate of drug-likeness (QED) is 0.319.